The van der Waals surface area contributed by atoms with Crippen molar-refractivity contribution in [3.8, 4) is 5.75 Å². The van der Waals surface area contributed by atoms with Gasteiger partial charge in [-0.25, -0.2) is 4.98 Å². The van der Waals surface area contributed by atoms with Crippen molar-refractivity contribution in [2.45, 2.75) is 25.8 Å². The number of imidazole rings is 1. The van der Waals surface area contributed by atoms with E-state index in [1.807, 2.05) is 31.6 Å². The molecule has 2 aromatic rings. The first kappa shape index (κ1) is 16.0. The normalized spacial score (nSPS) is 12.4. The molecular weight excluding hydrogens is 330 g/mol. The molecule has 1 atom stereocenters. The van der Waals surface area contributed by atoms with Crippen LogP contribution in [0.2, 0.25) is 0 Å². The molecular formula is C16H22BrN3O. The lowest BCUT2D eigenvalue weighted by Gasteiger charge is -2.20. The fourth-order valence-corrected chi connectivity index (χ4v) is 2.96. The maximum absolute atomic E-state index is 5.34. The maximum Gasteiger partial charge on any atom is 0.119 e. The molecule has 0 fully saturated rings. The molecule has 4 nitrogen and oxygen atoms in total. The van der Waals surface area contributed by atoms with Crippen LogP contribution in [0, 0.1) is 0 Å². The predicted octanol–water partition coefficient (Wildman–Crippen LogP) is 3.47. The molecule has 0 radical (unpaired) electrons. The van der Waals surface area contributed by atoms with Gasteiger partial charge in [0.1, 0.15) is 11.6 Å². The van der Waals surface area contributed by atoms with Crippen LogP contribution in [0.3, 0.4) is 0 Å². The summed E-state index contributed by atoms with van der Waals surface area (Å²) < 4.78 is 8.52. The van der Waals surface area contributed by atoms with Crippen LogP contribution in [0.4, 0.5) is 0 Å². The van der Waals surface area contributed by atoms with Gasteiger partial charge in [0, 0.05) is 36.4 Å². The van der Waals surface area contributed by atoms with Crippen molar-refractivity contribution in [1.29, 1.82) is 0 Å². The molecule has 0 saturated carbocycles. The highest BCUT2D eigenvalue weighted by Crippen LogP contribution is 2.30. The largest absolute Gasteiger partial charge is 0.497 e. The van der Waals surface area contributed by atoms with E-state index in [1.165, 1.54) is 5.56 Å². The summed E-state index contributed by atoms with van der Waals surface area (Å²) in [6, 6.07) is 6.38. The molecule has 0 saturated heterocycles. The van der Waals surface area contributed by atoms with Crippen molar-refractivity contribution < 1.29 is 4.74 Å². The average molecular weight is 352 g/mol. The number of aromatic nitrogens is 2. The lowest BCUT2D eigenvalue weighted by Crippen LogP contribution is -2.22. The summed E-state index contributed by atoms with van der Waals surface area (Å²) in [7, 11) is 3.73. The van der Waals surface area contributed by atoms with Gasteiger partial charge >= 0.3 is 0 Å². The predicted molar refractivity (Wildman–Crippen MR) is 88.6 cm³/mol. The second-order valence-electron chi connectivity index (χ2n) is 4.99. The average Bonchev–Trinajstić information content (AvgIpc) is 2.89. The molecule has 1 aromatic carbocycles. The molecule has 1 N–H and O–H groups in total. The van der Waals surface area contributed by atoms with Crippen LogP contribution in [0.15, 0.2) is 35.1 Å². The Morgan fingerprint density at radius 1 is 1.43 bits per heavy atom. The summed E-state index contributed by atoms with van der Waals surface area (Å²) in [5.41, 5.74) is 1.23. The van der Waals surface area contributed by atoms with Crippen LogP contribution in [0.5, 0.6) is 5.75 Å². The van der Waals surface area contributed by atoms with Crippen LogP contribution < -0.4 is 10.1 Å². The smallest absolute Gasteiger partial charge is 0.119 e. The third-order valence-electron chi connectivity index (χ3n) is 3.61. The Morgan fingerprint density at radius 2 is 2.24 bits per heavy atom. The second kappa shape index (κ2) is 7.61. The van der Waals surface area contributed by atoms with Crippen molar-refractivity contribution >= 4 is 15.9 Å². The molecule has 0 aliphatic heterocycles. The van der Waals surface area contributed by atoms with Gasteiger partial charge in [0.25, 0.3) is 0 Å². The summed E-state index contributed by atoms with van der Waals surface area (Å²) in [4.78, 5) is 4.40. The number of ether oxygens (including phenoxy) is 1. The van der Waals surface area contributed by atoms with Crippen LogP contribution >= 0.6 is 15.9 Å². The Hall–Kier alpha value is -1.33. The topological polar surface area (TPSA) is 39.1 Å². The van der Waals surface area contributed by atoms with Crippen molar-refractivity contribution in [2.75, 3.05) is 13.7 Å². The van der Waals surface area contributed by atoms with Gasteiger partial charge in [-0.2, -0.15) is 0 Å². The summed E-state index contributed by atoms with van der Waals surface area (Å²) in [5.74, 6) is 1.99. The monoisotopic (exact) mass is 351 g/mol. The Morgan fingerprint density at radius 3 is 2.86 bits per heavy atom. The van der Waals surface area contributed by atoms with E-state index in [0.29, 0.717) is 0 Å². The van der Waals surface area contributed by atoms with Gasteiger partial charge in [-0.05, 0) is 36.7 Å². The van der Waals surface area contributed by atoms with Crippen LogP contribution in [0.1, 0.15) is 30.8 Å². The van der Waals surface area contributed by atoms with Gasteiger partial charge in [-0.1, -0.05) is 22.9 Å². The van der Waals surface area contributed by atoms with Gasteiger partial charge in [0.2, 0.25) is 0 Å². The van der Waals surface area contributed by atoms with Gasteiger partial charge in [-0.15, -0.1) is 0 Å². The number of halogens is 1. The van der Waals surface area contributed by atoms with E-state index < -0.39 is 0 Å². The van der Waals surface area contributed by atoms with E-state index in [0.717, 1.165) is 35.4 Å². The second-order valence-corrected chi connectivity index (χ2v) is 5.85. The number of hydrogen-bond acceptors (Lipinski definition) is 3. The molecule has 2 rings (SSSR count). The standard InChI is InChI=1S/C16H22BrN3O/c1-4-18-15(7-8-16-19-9-10-20(16)2)13-11-12(21-3)5-6-14(13)17/h5-6,9-11,15,18H,4,7-8H2,1-3H3. The molecule has 1 aromatic heterocycles. The van der Waals surface area contributed by atoms with Gasteiger partial charge in [0.05, 0.1) is 7.11 Å². The van der Waals surface area contributed by atoms with Crippen molar-refractivity contribution in [3.63, 3.8) is 0 Å². The molecule has 0 aliphatic carbocycles. The van der Waals surface area contributed by atoms with E-state index in [2.05, 4.69) is 43.8 Å². The quantitative estimate of drug-likeness (QED) is 0.829. The van der Waals surface area contributed by atoms with Gasteiger partial charge < -0.3 is 14.6 Å². The minimum Gasteiger partial charge on any atom is -0.497 e. The Balaban J connectivity index is 2.16. The highest BCUT2D eigenvalue weighted by Gasteiger charge is 2.15. The first-order chi connectivity index (χ1) is 10.2. The Labute approximate surface area is 134 Å². The number of methoxy groups -OCH3 is 1. The Bertz CT molecular complexity index is 583. The molecule has 0 aliphatic rings. The van der Waals surface area contributed by atoms with E-state index >= 15 is 0 Å². The summed E-state index contributed by atoms with van der Waals surface area (Å²) >= 11 is 3.65. The molecule has 0 bridgehead atoms. The lowest BCUT2D eigenvalue weighted by atomic mass is 10.0. The maximum atomic E-state index is 5.34. The summed E-state index contributed by atoms with van der Waals surface area (Å²) in [6.07, 6.45) is 5.76. The van der Waals surface area contributed by atoms with Gasteiger partial charge in [-0.3, -0.25) is 0 Å². The molecule has 114 valence electrons. The zero-order valence-electron chi connectivity index (χ0n) is 12.8. The fraction of sp³-hybridized carbons (Fsp3) is 0.438. The molecule has 5 heteroatoms. The first-order valence-corrected chi connectivity index (χ1v) is 7.98. The number of nitrogens with zero attached hydrogens (tertiary/aromatic N) is 2. The minimum absolute atomic E-state index is 0.274. The van der Waals surface area contributed by atoms with E-state index in [9.17, 15) is 0 Å². The molecule has 0 amide bonds. The first-order valence-electron chi connectivity index (χ1n) is 7.18. The number of rotatable bonds is 7. The van der Waals surface area contributed by atoms with Crippen LogP contribution in [-0.4, -0.2) is 23.2 Å². The zero-order valence-corrected chi connectivity index (χ0v) is 14.4. The molecule has 21 heavy (non-hydrogen) atoms. The SMILES string of the molecule is CCNC(CCc1nccn1C)c1cc(OC)ccc1Br. The molecule has 0 spiro atoms. The number of nitrogens with one attached hydrogen (secondary N) is 1. The van der Waals surface area contributed by atoms with E-state index in [-0.39, 0.29) is 6.04 Å². The third kappa shape index (κ3) is 4.08. The molecule has 1 unspecified atom stereocenters. The van der Waals surface area contributed by atoms with Gasteiger partial charge in [0.15, 0.2) is 0 Å². The van der Waals surface area contributed by atoms with Crippen LogP contribution in [0.25, 0.3) is 0 Å². The number of aryl methyl sites for hydroxylation is 2. The fourth-order valence-electron chi connectivity index (χ4n) is 2.44. The summed E-state index contributed by atoms with van der Waals surface area (Å²) in [5, 5.41) is 3.55. The highest BCUT2D eigenvalue weighted by molar-refractivity contribution is 9.10. The van der Waals surface area contributed by atoms with Crippen molar-refractivity contribution in [3.05, 3.63) is 46.5 Å². The van der Waals surface area contributed by atoms with Crippen molar-refractivity contribution in [2.24, 2.45) is 7.05 Å². The zero-order chi connectivity index (χ0) is 15.2. The van der Waals surface area contributed by atoms with E-state index in [1.54, 1.807) is 7.11 Å². The highest BCUT2D eigenvalue weighted by atomic mass is 79.9. The lowest BCUT2D eigenvalue weighted by molar-refractivity contribution is 0.412. The van der Waals surface area contributed by atoms with Crippen LogP contribution in [-0.2, 0) is 13.5 Å². The minimum atomic E-state index is 0.274. The van der Waals surface area contributed by atoms with E-state index in [4.69, 9.17) is 4.74 Å². The van der Waals surface area contributed by atoms with Crippen molar-refractivity contribution in [1.82, 2.24) is 14.9 Å². The number of hydrogen-bond donors (Lipinski definition) is 1. The third-order valence-corrected chi connectivity index (χ3v) is 4.33. The molecule has 1 heterocycles. The Kier molecular flexibility index (Phi) is 5.82. The summed E-state index contributed by atoms with van der Waals surface area (Å²) in [6.45, 7) is 3.05. The number of benzene rings is 1.